The summed E-state index contributed by atoms with van der Waals surface area (Å²) in [5.74, 6) is 0.0822. The summed E-state index contributed by atoms with van der Waals surface area (Å²) < 4.78 is 4.75. The topological polar surface area (TPSA) is 61.8 Å². The molecule has 0 heterocycles. The van der Waals surface area contributed by atoms with Gasteiger partial charge in [0, 0.05) is 40.7 Å². The SMILES string of the molecule is COCC(O)CNCCC(=O)N(C)C. The Morgan fingerprint density at radius 3 is 2.71 bits per heavy atom. The van der Waals surface area contributed by atoms with E-state index in [1.807, 2.05) is 0 Å². The number of nitrogens with one attached hydrogen (secondary N) is 1. The maximum atomic E-state index is 11.1. The quantitative estimate of drug-likeness (QED) is 0.526. The van der Waals surface area contributed by atoms with Gasteiger partial charge in [-0.3, -0.25) is 4.79 Å². The van der Waals surface area contributed by atoms with Crippen molar-refractivity contribution in [3.63, 3.8) is 0 Å². The Labute approximate surface area is 85.0 Å². The van der Waals surface area contributed by atoms with Crippen LogP contribution in [0.3, 0.4) is 0 Å². The predicted molar refractivity (Wildman–Crippen MR) is 54.1 cm³/mol. The molecule has 5 heteroatoms. The number of aliphatic hydroxyl groups excluding tert-OH is 1. The maximum absolute atomic E-state index is 11.1. The van der Waals surface area contributed by atoms with Crippen molar-refractivity contribution in [2.75, 3.05) is 40.9 Å². The van der Waals surface area contributed by atoms with Gasteiger partial charge in [-0.05, 0) is 0 Å². The molecule has 0 saturated heterocycles. The zero-order valence-electron chi connectivity index (χ0n) is 9.12. The molecule has 0 radical (unpaired) electrons. The van der Waals surface area contributed by atoms with Crippen LogP contribution in [0.4, 0.5) is 0 Å². The molecular formula is C9H20N2O3. The molecule has 1 amide bonds. The third kappa shape index (κ3) is 6.82. The van der Waals surface area contributed by atoms with E-state index in [9.17, 15) is 9.90 Å². The van der Waals surface area contributed by atoms with Crippen molar-refractivity contribution in [1.29, 1.82) is 0 Å². The highest BCUT2D eigenvalue weighted by atomic mass is 16.5. The molecule has 1 unspecified atom stereocenters. The van der Waals surface area contributed by atoms with Gasteiger partial charge in [-0.1, -0.05) is 0 Å². The average Bonchev–Trinajstić information content (AvgIpc) is 2.12. The van der Waals surface area contributed by atoms with Crippen molar-refractivity contribution in [3.8, 4) is 0 Å². The zero-order valence-corrected chi connectivity index (χ0v) is 9.12. The van der Waals surface area contributed by atoms with E-state index >= 15 is 0 Å². The zero-order chi connectivity index (χ0) is 11.0. The summed E-state index contributed by atoms with van der Waals surface area (Å²) in [6.45, 7) is 1.35. The summed E-state index contributed by atoms with van der Waals surface area (Å²) in [6, 6.07) is 0. The highest BCUT2D eigenvalue weighted by molar-refractivity contribution is 5.75. The van der Waals surface area contributed by atoms with E-state index in [0.717, 1.165) is 0 Å². The molecule has 0 aromatic heterocycles. The lowest BCUT2D eigenvalue weighted by molar-refractivity contribution is -0.128. The minimum Gasteiger partial charge on any atom is -0.389 e. The minimum absolute atomic E-state index is 0.0822. The highest BCUT2D eigenvalue weighted by Crippen LogP contribution is 1.86. The van der Waals surface area contributed by atoms with Crippen LogP contribution in [0.2, 0.25) is 0 Å². The average molecular weight is 204 g/mol. The molecule has 0 fully saturated rings. The Morgan fingerprint density at radius 1 is 1.57 bits per heavy atom. The number of hydrogen-bond acceptors (Lipinski definition) is 4. The molecule has 0 aliphatic carbocycles. The van der Waals surface area contributed by atoms with Crippen molar-refractivity contribution in [2.45, 2.75) is 12.5 Å². The minimum atomic E-state index is -0.505. The van der Waals surface area contributed by atoms with Crippen molar-refractivity contribution in [3.05, 3.63) is 0 Å². The predicted octanol–water partition coefficient (Wildman–Crippen LogP) is -0.938. The van der Waals surface area contributed by atoms with Crippen LogP contribution in [0, 0.1) is 0 Å². The van der Waals surface area contributed by atoms with E-state index in [1.165, 1.54) is 0 Å². The number of nitrogens with zero attached hydrogens (tertiary/aromatic N) is 1. The lowest BCUT2D eigenvalue weighted by atomic mass is 10.3. The van der Waals surface area contributed by atoms with E-state index in [0.29, 0.717) is 26.1 Å². The monoisotopic (exact) mass is 204 g/mol. The van der Waals surface area contributed by atoms with Crippen LogP contribution < -0.4 is 5.32 Å². The second kappa shape index (κ2) is 7.73. The van der Waals surface area contributed by atoms with Crippen molar-refractivity contribution in [2.24, 2.45) is 0 Å². The fourth-order valence-corrected chi connectivity index (χ4v) is 0.939. The van der Waals surface area contributed by atoms with Gasteiger partial charge in [-0.15, -0.1) is 0 Å². The number of carbonyl (C=O) groups is 1. The van der Waals surface area contributed by atoms with E-state index in [4.69, 9.17) is 4.74 Å². The van der Waals surface area contributed by atoms with Gasteiger partial charge in [0.1, 0.15) is 0 Å². The summed E-state index contributed by atoms with van der Waals surface area (Å²) in [4.78, 5) is 12.7. The molecule has 0 aromatic carbocycles. The van der Waals surface area contributed by atoms with Crippen LogP contribution in [0.5, 0.6) is 0 Å². The highest BCUT2D eigenvalue weighted by Gasteiger charge is 2.05. The second-order valence-electron chi connectivity index (χ2n) is 3.35. The standard InChI is InChI=1S/C9H20N2O3/c1-11(2)9(13)4-5-10-6-8(12)7-14-3/h8,10,12H,4-7H2,1-3H3. The van der Waals surface area contributed by atoms with Crippen molar-refractivity contribution < 1.29 is 14.6 Å². The summed E-state index contributed by atoms with van der Waals surface area (Å²) in [7, 11) is 4.99. The van der Waals surface area contributed by atoms with Gasteiger partial charge < -0.3 is 20.1 Å². The number of amides is 1. The molecule has 0 aliphatic rings. The second-order valence-corrected chi connectivity index (χ2v) is 3.35. The number of carbonyl (C=O) groups excluding carboxylic acids is 1. The van der Waals surface area contributed by atoms with E-state index < -0.39 is 6.10 Å². The Kier molecular flexibility index (Phi) is 7.37. The first kappa shape index (κ1) is 13.4. The van der Waals surface area contributed by atoms with Gasteiger partial charge in [-0.25, -0.2) is 0 Å². The Bertz CT molecular complexity index is 162. The molecule has 0 aliphatic heterocycles. The first-order valence-corrected chi connectivity index (χ1v) is 4.65. The molecule has 84 valence electrons. The summed E-state index contributed by atoms with van der Waals surface area (Å²) >= 11 is 0. The number of ether oxygens (including phenoxy) is 1. The number of rotatable bonds is 7. The lowest BCUT2D eigenvalue weighted by Crippen LogP contribution is -2.33. The van der Waals surface area contributed by atoms with Gasteiger partial charge in [0.2, 0.25) is 5.91 Å². The maximum Gasteiger partial charge on any atom is 0.223 e. The Morgan fingerprint density at radius 2 is 2.21 bits per heavy atom. The van der Waals surface area contributed by atoms with Gasteiger partial charge in [0.25, 0.3) is 0 Å². The van der Waals surface area contributed by atoms with Gasteiger partial charge >= 0.3 is 0 Å². The Balaban J connectivity index is 3.33. The molecule has 0 saturated carbocycles. The van der Waals surface area contributed by atoms with Crippen LogP contribution in [-0.2, 0) is 9.53 Å². The largest absolute Gasteiger partial charge is 0.389 e. The third-order valence-electron chi connectivity index (χ3n) is 1.75. The molecule has 0 spiro atoms. The third-order valence-corrected chi connectivity index (χ3v) is 1.75. The van der Waals surface area contributed by atoms with Crippen LogP contribution in [0.15, 0.2) is 0 Å². The fourth-order valence-electron chi connectivity index (χ4n) is 0.939. The van der Waals surface area contributed by atoms with Gasteiger partial charge in [0.05, 0.1) is 12.7 Å². The fraction of sp³-hybridized carbons (Fsp3) is 0.889. The number of hydrogen-bond donors (Lipinski definition) is 2. The molecule has 0 aromatic rings. The molecular weight excluding hydrogens is 184 g/mol. The van der Waals surface area contributed by atoms with E-state index in [1.54, 1.807) is 26.1 Å². The molecule has 0 bridgehead atoms. The summed E-state index contributed by atoms with van der Waals surface area (Å²) in [6.07, 6.45) is -0.0540. The lowest BCUT2D eigenvalue weighted by Gasteiger charge is -2.12. The first-order valence-electron chi connectivity index (χ1n) is 4.65. The number of methoxy groups -OCH3 is 1. The molecule has 5 nitrogen and oxygen atoms in total. The van der Waals surface area contributed by atoms with Crippen LogP contribution in [0.1, 0.15) is 6.42 Å². The first-order chi connectivity index (χ1) is 6.57. The number of aliphatic hydroxyl groups is 1. The smallest absolute Gasteiger partial charge is 0.223 e. The van der Waals surface area contributed by atoms with Crippen molar-refractivity contribution in [1.82, 2.24) is 10.2 Å². The van der Waals surface area contributed by atoms with E-state index in [2.05, 4.69) is 5.32 Å². The van der Waals surface area contributed by atoms with Gasteiger partial charge in [-0.2, -0.15) is 0 Å². The molecule has 2 N–H and O–H groups in total. The molecule has 0 rings (SSSR count). The molecule has 1 atom stereocenters. The van der Waals surface area contributed by atoms with Crippen LogP contribution in [-0.4, -0.2) is 62.9 Å². The summed E-state index contributed by atoms with van der Waals surface area (Å²) in [5.41, 5.74) is 0. The summed E-state index contributed by atoms with van der Waals surface area (Å²) in [5, 5.41) is 12.2. The van der Waals surface area contributed by atoms with Crippen molar-refractivity contribution >= 4 is 5.91 Å². The van der Waals surface area contributed by atoms with Gasteiger partial charge in [0.15, 0.2) is 0 Å². The van der Waals surface area contributed by atoms with Crippen LogP contribution >= 0.6 is 0 Å². The Hall–Kier alpha value is -0.650. The van der Waals surface area contributed by atoms with E-state index in [-0.39, 0.29) is 5.91 Å². The molecule has 14 heavy (non-hydrogen) atoms. The normalized spacial score (nSPS) is 12.6. The van der Waals surface area contributed by atoms with Crippen LogP contribution in [0.25, 0.3) is 0 Å².